The van der Waals surface area contributed by atoms with Crippen LogP contribution in [-0.2, 0) is 6.42 Å². The molecule has 31 heavy (non-hydrogen) atoms. The van der Waals surface area contributed by atoms with E-state index < -0.39 is 0 Å². The topological polar surface area (TPSA) is 99.9 Å². The number of fused-ring (bicyclic) bond motifs is 3. The Morgan fingerprint density at radius 3 is 2.90 bits per heavy atom. The third-order valence-electron chi connectivity index (χ3n) is 8.34. The Morgan fingerprint density at radius 2 is 2.06 bits per heavy atom. The summed E-state index contributed by atoms with van der Waals surface area (Å²) in [6, 6.07) is 4.51. The molecule has 1 unspecified atom stereocenters. The van der Waals surface area contributed by atoms with E-state index in [0.717, 1.165) is 78.5 Å². The first-order valence-corrected chi connectivity index (χ1v) is 11.6. The maximum Gasteiger partial charge on any atom is 0.183 e. The Bertz CT molecular complexity index is 1150. The van der Waals surface area contributed by atoms with Crippen molar-refractivity contribution in [2.75, 3.05) is 29.4 Å². The normalized spacial score (nSPS) is 28.7. The van der Waals surface area contributed by atoms with Crippen molar-refractivity contribution in [3.63, 3.8) is 0 Å². The van der Waals surface area contributed by atoms with Crippen molar-refractivity contribution < 1.29 is 0 Å². The molecule has 3 aromatic rings. The first-order valence-electron chi connectivity index (χ1n) is 11.6. The van der Waals surface area contributed by atoms with E-state index in [2.05, 4.69) is 31.0 Å². The summed E-state index contributed by atoms with van der Waals surface area (Å²) in [7, 11) is 0. The first-order chi connectivity index (χ1) is 15.2. The fourth-order valence-corrected chi connectivity index (χ4v) is 6.51. The van der Waals surface area contributed by atoms with Gasteiger partial charge in [-0.15, -0.1) is 0 Å². The van der Waals surface area contributed by atoms with Crippen molar-refractivity contribution in [3.05, 3.63) is 30.2 Å². The zero-order valence-electron chi connectivity index (χ0n) is 17.7. The second-order valence-electron chi connectivity index (χ2n) is 9.94. The fraction of sp³-hybridized carbons (Fsp3) is 0.565. The van der Waals surface area contributed by atoms with Gasteiger partial charge in [-0.05, 0) is 67.9 Å². The maximum atomic E-state index is 6.63. The summed E-state index contributed by atoms with van der Waals surface area (Å²) in [5.74, 6) is 3.50. The van der Waals surface area contributed by atoms with Crippen molar-refractivity contribution in [2.24, 2.45) is 23.0 Å². The zero-order valence-corrected chi connectivity index (χ0v) is 17.7. The Kier molecular flexibility index (Phi) is 3.69. The quantitative estimate of drug-likeness (QED) is 0.662. The smallest absolute Gasteiger partial charge is 0.183 e. The summed E-state index contributed by atoms with van der Waals surface area (Å²) in [6.07, 6.45) is 10.9. The number of rotatable bonds is 2. The molecule has 3 N–H and O–H groups in total. The van der Waals surface area contributed by atoms with Gasteiger partial charge in [-0.25, -0.2) is 9.97 Å². The van der Waals surface area contributed by atoms with E-state index in [0.29, 0.717) is 11.5 Å². The van der Waals surface area contributed by atoms with Gasteiger partial charge in [0, 0.05) is 31.9 Å². The molecule has 0 radical (unpaired) electrons. The van der Waals surface area contributed by atoms with E-state index in [4.69, 9.17) is 15.7 Å². The van der Waals surface area contributed by atoms with Crippen LogP contribution in [0.1, 0.15) is 37.8 Å². The maximum absolute atomic E-state index is 6.63. The lowest BCUT2D eigenvalue weighted by Gasteiger charge is -2.43. The highest BCUT2D eigenvalue weighted by Crippen LogP contribution is 2.62. The lowest BCUT2D eigenvalue weighted by molar-refractivity contribution is 0.172. The number of nitrogens with two attached hydrogens (primary N) is 1. The molecule has 3 aromatic heterocycles. The van der Waals surface area contributed by atoms with Crippen LogP contribution in [0.5, 0.6) is 0 Å². The van der Waals surface area contributed by atoms with E-state index in [-0.39, 0.29) is 0 Å². The van der Waals surface area contributed by atoms with Gasteiger partial charge in [-0.2, -0.15) is 5.10 Å². The number of nitrogens with one attached hydrogen (secondary N) is 1. The standard InChI is InChI=1S/C23H28N8/c24-20-15-11-14(15)12-23(20)5-9-30(10-6-23)18-13-26-19-21(27-18)28-29-22(19)31-8-2-3-16-17(31)4-1-7-25-16/h1,4,7,13-15,20H,2-3,5-6,8-12,24H2,(H,27,28,29)/t14?,15-,20+/m1/s1. The number of anilines is 3. The van der Waals surface area contributed by atoms with Gasteiger partial charge in [0.15, 0.2) is 17.0 Å². The predicted molar refractivity (Wildman–Crippen MR) is 119 cm³/mol. The molecule has 8 heteroatoms. The zero-order chi connectivity index (χ0) is 20.6. The minimum Gasteiger partial charge on any atom is -0.355 e. The third-order valence-corrected chi connectivity index (χ3v) is 8.34. The van der Waals surface area contributed by atoms with Gasteiger partial charge in [-0.3, -0.25) is 10.1 Å². The molecule has 2 saturated carbocycles. The van der Waals surface area contributed by atoms with Gasteiger partial charge in [0.05, 0.1) is 17.6 Å². The van der Waals surface area contributed by atoms with E-state index in [1.807, 2.05) is 18.5 Å². The number of nitrogens with zero attached hydrogens (tertiary/aromatic N) is 6. The van der Waals surface area contributed by atoms with Crippen LogP contribution >= 0.6 is 0 Å². The average molecular weight is 417 g/mol. The molecule has 5 heterocycles. The molecule has 0 aromatic carbocycles. The summed E-state index contributed by atoms with van der Waals surface area (Å²) in [5, 5.41) is 7.73. The molecule has 2 aliphatic carbocycles. The number of aromatic nitrogens is 5. The minimum atomic E-state index is 0.373. The van der Waals surface area contributed by atoms with Crippen molar-refractivity contribution >= 4 is 28.5 Å². The van der Waals surface area contributed by atoms with Crippen LogP contribution in [0.3, 0.4) is 0 Å². The Morgan fingerprint density at radius 1 is 1.16 bits per heavy atom. The SMILES string of the molecule is N[C@H]1[C@@H]2CC2CC12CCN(c1cnc3c(N4CCCc5ncccc54)n[nH]c3n1)CC2. The fourth-order valence-electron chi connectivity index (χ4n) is 6.51. The molecule has 3 fully saturated rings. The molecule has 0 amide bonds. The largest absolute Gasteiger partial charge is 0.355 e. The summed E-state index contributed by atoms with van der Waals surface area (Å²) in [4.78, 5) is 18.8. The molecule has 3 atom stereocenters. The Hall–Kier alpha value is -2.74. The summed E-state index contributed by atoms with van der Waals surface area (Å²) < 4.78 is 0. The van der Waals surface area contributed by atoms with Crippen LogP contribution in [0.25, 0.3) is 11.2 Å². The van der Waals surface area contributed by atoms with Crippen LogP contribution in [0.2, 0.25) is 0 Å². The van der Waals surface area contributed by atoms with Gasteiger partial charge in [-0.1, -0.05) is 0 Å². The van der Waals surface area contributed by atoms with Crippen LogP contribution in [0.4, 0.5) is 17.3 Å². The van der Waals surface area contributed by atoms with Crippen LogP contribution in [0.15, 0.2) is 24.5 Å². The number of aryl methyl sites for hydroxylation is 1. The molecular weight excluding hydrogens is 388 g/mol. The number of H-pyrrole nitrogens is 1. The number of aromatic amines is 1. The number of piperidine rings is 1. The van der Waals surface area contributed by atoms with Crippen molar-refractivity contribution in [2.45, 2.75) is 44.6 Å². The monoisotopic (exact) mass is 416 g/mol. The van der Waals surface area contributed by atoms with Crippen molar-refractivity contribution in [1.82, 2.24) is 25.1 Å². The van der Waals surface area contributed by atoms with Gasteiger partial charge in [0.2, 0.25) is 0 Å². The number of hydrogen-bond donors (Lipinski definition) is 2. The van der Waals surface area contributed by atoms with Crippen molar-refractivity contribution in [3.8, 4) is 0 Å². The molecule has 160 valence electrons. The number of hydrogen-bond acceptors (Lipinski definition) is 7. The molecule has 8 nitrogen and oxygen atoms in total. The molecule has 1 saturated heterocycles. The van der Waals surface area contributed by atoms with Gasteiger partial charge in [0.1, 0.15) is 5.82 Å². The molecule has 1 spiro atoms. The first kappa shape index (κ1) is 17.9. The van der Waals surface area contributed by atoms with E-state index in [1.165, 1.54) is 25.7 Å². The third kappa shape index (κ3) is 2.63. The molecule has 2 aliphatic heterocycles. The van der Waals surface area contributed by atoms with Crippen LogP contribution < -0.4 is 15.5 Å². The molecule has 7 rings (SSSR count). The van der Waals surface area contributed by atoms with Gasteiger partial charge < -0.3 is 15.5 Å². The highest BCUT2D eigenvalue weighted by molar-refractivity contribution is 5.87. The molecular formula is C23H28N8. The predicted octanol–water partition coefficient (Wildman–Crippen LogP) is 2.79. The van der Waals surface area contributed by atoms with E-state index >= 15 is 0 Å². The summed E-state index contributed by atoms with van der Waals surface area (Å²) in [5.41, 5.74) is 10.8. The van der Waals surface area contributed by atoms with Crippen LogP contribution in [0, 0.1) is 17.3 Å². The highest BCUT2D eigenvalue weighted by atomic mass is 15.3. The van der Waals surface area contributed by atoms with Crippen LogP contribution in [-0.4, -0.2) is 50.8 Å². The minimum absolute atomic E-state index is 0.373. The van der Waals surface area contributed by atoms with Gasteiger partial charge >= 0.3 is 0 Å². The summed E-state index contributed by atoms with van der Waals surface area (Å²) in [6.45, 7) is 2.94. The lowest BCUT2D eigenvalue weighted by atomic mass is 9.72. The number of pyridine rings is 1. The summed E-state index contributed by atoms with van der Waals surface area (Å²) >= 11 is 0. The van der Waals surface area contributed by atoms with Gasteiger partial charge in [0.25, 0.3) is 0 Å². The second-order valence-corrected chi connectivity index (χ2v) is 9.94. The Balaban J connectivity index is 1.15. The highest BCUT2D eigenvalue weighted by Gasteiger charge is 2.59. The van der Waals surface area contributed by atoms with E-state index in [9.17, 15) is 0 Å². The van der Waals surface area contributed by atoms with E-state index in [1.54, 1.807) is 0 Å². The van der Waals surface area contributed by atoms with Crippen molar-refractivity contribution in [1.29, 1.82) is 0 Å². The Labute approximate surface area is 181 Å². The molecule has 4 aliphatic rings. The average Bonchev–Trinajstić information content (AvgIpc) is 3.36. The molecule has 0 bridgehead atoms. The lowest BCUT2D eigenvalue weighted by Crippen LogP contribution is -2.48. The second kappa shape index (κ2) is 6.38.